The highest BCUT2D eigenvalue weighted by Crippen LogP contribution is 2.31. The molecule has 0 aliphatic carbocycles. The molecule has 0 aliphatic heterocycles. The average Bonchev–Trinajstić information content (AvgIpc) is 3.05. The quantitative estimate of drug-likeness (QED) is 0.408. The molecule has 0 amide bonds. The Morgan fingerprint density at radius 3 is 2.72 bits per heavy atom. The lowest BCUT2D eigenvalue weighted by Crippen LogP contribution is -3.11. The summed E-state index contributed by atoms with van der Waals surface area (Å²) in [5.74, 6) is 0.325. The van der Waals surface area contributed by atoms with E-state index in [0.29, 0.717) is 6.54 Å². The van der Waals surface area contributed by atoms with Crippen LogP contribution in [0.25, 0.3) is 11.5 Å². The van der Waals surface area contributed by atoms with E-state index in [2.05, 4.69) is 24.1 Å². The Bertz CT molecular complexity index is 762. The number of nitro benzene ring substituents is 1. The van der Waals surface area contributed by atoms with Gasteiger partial charge in [0.1, 0.15) is 11.6 Å². The molecule has 8 heteroatoms. The Labute approximate surface area is 146 Å². The van der Waals surface area contributed by atoms with Crippen LogP contribution in [-0.4, -0.2) is 36.1 Å². The summed E-state index contributed by atoms with van der Waals surface area (Å²) in [5.41, 5.74) is 0.248. The lowest BCUT2D eigenvalue weighted by Gasteiger charge is -2.14. The molecule has 0 saturated carbocycles. The van der Waals surface area contributed by atoms with E-state index in [0.717, 1.165) is 26.1 Å². The van der Waals surface area contributed by atoms with Crippen molar-refractivity contribution >= 4 is 11.6 Å². The molecule has 0 saturated heterocycles. The summed E-state index contributed by atoms with van der Waals surface area (Å²) in [6.07, 6.45) is 0.920. The maximum atomic E-state index is 11.1. The largest absolute Gasteiger partial charge is 0.419 e. The first-order valence-corrected chi connectivity index (χ1v) is 8.32. The lowest BCUT2D eigenvalue weighted by atomic mass is 10.2. The molecular weight excluding hydrogens is 322 g/mol. The number of hydrogen-bond donors (Lipinski definition) is 2. The van der Waals surface area contributed by atoms with Crippen molar-refractivity contribution < 1.29 is 14.2 Å². The van der Waals surface area contributed by atoms with Gasteiger partial charge in [0.15, 0.2) is 0 Å². The molecular formula is C17H22N5O3+. The molecule has 132 valence electrons. The molecule has 0 unspecified atom stereocenters. The Kier molecular flexibility index (Phi) is 6.48. The van der Waals surface area contributed by atoms with Gasteiger partial charge in [-0.1, -0.05) is 12.1 Å². The zero-order chi connectivity index (χ0) is 18.2. The molecule has 0 fully saturated rings. The predicted molar refractivity (Wildman–Crippen MR) is 93.3 cm³/mol. The monoisotopic (exact) mass is 344 g/mol. The van der Waals surface area contributed by atoms with E-state index in [1.165, 1.54) is 11.0 Å². The molecule has 2 aromatic rings. The first-order valence-electron chi connectivity index (χ1n) is 8.32. The van der Waals surface area contributed by atoms with Gasteiger partial charge in [-0.05, 0) is 19.9 Å². The number of nitriles is 1. The van der Waals surface area contributed by atoms with Crippen molar-refractivity contribution in [1.29, 1.82) is 5.26 Å². The third-order valence-electron chi connectivity index (χ3n) is 4.06. The second-order valence-electron chi connectivity index (χ2n) is 5.57. The number of hydrogen-bond acceptors (Lipinski definition) is 6. The van der Waals surface area contributed by atoms with Crippen LogP contribution >= 0.6 is 0 Å². The van der Waals surface area contributed by atoms with Crippen molar-refractivity contribution in [2.24, 2.45) is 0 Å². The Hall–Kier alpha value is -2.92. The highest BCUT2D eigenvalue weighted by atomic mass is 16.6. The minimum absolute atomic E-state index is 0.0701. The number of nitrogens with one attached hydrogen (secondary N) is 2. The molecule has 2 rings (SSSR count). The van der Waals surface area contributed by atoms with Crippen molar-refractivity contribution in [1.82, 2.24) is 4.98 Å². The first-order chi connectivity index (χ1) is 12.1. The van der Waals surface area contributed by atoms with Crippen LogP contribution in [0.15, 0.2) is 28.7 Å². The van der Waals surface area contributed by atoms with Gasteiger partial charge in [-0.15, -0.1) is 0 Å². The van der Waals surface area contributed by atoms with Crippen molar-refractivity contribution in [3.63, 3.8) is 0 Å². The summed E-state index contributed by atoms with van der Waals surface area (Å²) < 4.78 is 5.59. The smallest absolute Gasteiger partial charge is 0.282 e. The first kappa shape index (κ1) is 18.4. The fourth-order valence-corrected chi connectivity index (χ4v) is 2.59. The minimum Gasteiger partial charge on any atom is -0.419 e. The fraction of sp³-hybridized carbons (Fsp3) is 0.412. The van der Waals surface area contributed by atoms with Gasteiger partial charge in [-0.3, -0.25) is 10.1 Å². The molecule has 1 aromatic heterocycles. The Morgan fingerprint density at radius 1 is 1.36 bits per heavy atom. The molecule has 1 aromatic carbocycles. The summed E-state index contributed by atoms with van der Waals surface area (Å²) in [4.78, 5) is 16.2. The predicted octanol–water partition coefficient (Wildman–Crippen LogP) is 1.85. The van der Waals surface area contributed by atoms with Gasteiger partial charge in [0.05, 0.1) is 24.6 Å². The molecule has 0 bridgehead atoms. The topological polar surface area (TPSA) is 109 Å². The number of anilines is 1. The third-order valence-corrected chi connectivity index (χ3v) is 4.06. The molecule has 1 heterocycles. The molecule has 2 N–H and O–H groups in total. The maximum absolute atomic E-state index is 11.1. The van der Waals surface area contributed by atoms with Crippen LogP contribution in [0.4, 0.5) is 11.6 Å². The van der Waals surface area contributed by atoms with Crippen molar-refractivity contribution in [2.75, 3.05) is 31.5 Å². The van der Waals surface area contributed by atoms with Gasteiger partial charge in [0.25, 0.3) is 5.69 Å². The van der Waals surface area contributed by atoms with Gasteiger partial charge in [0.2, 0.25) is 17.5 Å². The molecule has 0 radical (unpaired) electrons. The van der Waals surface area contributed by atoms with Gasteiger partial charge in [-0.25, -0.2) is 0 Å². The molecule has 0 atom stereocenters. The van der Waals surface area contributed by atoms with E-state index < -0.39 is 4.92 Å². The van der Waals surface area contributed by atoms with Gasteiger partial charge in [0, 0.05) is 19.0 Å². The maximum Gasteiger partial charge on any atom is 0.282 e. The van der Waals surface area contributed by atoms with E-state index in [-0.39, 0.29) is 28.7 Å². The summed E-state index contributed by atoms with van der Waals surface area (Å²) >= 11 is 0. The number of oxazole rings is 1. The average molecular weight is 344 g/mol. The summed E-state index contributed by atoms with van der Waals surface area (Å²) in [6, 6.07) is 8.14. The molecule has 8 nitrogen and oxygen atoms in total. The number of aromatic nitrogens is 1. The van der Waals surface area contributed by atoms with E-state index in [9.17, 15) is 15.4 Å². The number of rotatable bonds is 9. The molecule has 0 spiro atoms. The normalized spacial score (nSPS) is 10.6. The van der Waals surface area contributed by atoms with Crippen LogP contribution in [0.2, 0.25) is 0 Å². The summed E-state index contributed by atoms with van der Waals surface area (Å²) in [6.45, 7) is 8.11. The van der Waals surface area contributed by atoms with Crippen LogP contribution < -0.4 is 10.2 Å². The number of para-hydroxylation sites is 1. The van der Waals surface area contributed by atoms with Crippen LogP contribution in [0.1, 0.15) is 26.0 Å². The molecule has 0 aliphatic rings. The minimum atomic E-state index is -0.495. The van der Waals surface area contributed by atoms with Crippen LogP contribution in [0.5, 0.6) is 0 Å². The van der Waals surface area contributed by atoms with E-state index in [1.807, 2.05) is 6.07 Å². The molecule has 25 heavy (non-hydrogen) atoms. The zero-order valence-corrected chi connectivity index (χ0v) is 14.4. The van der Waals surface area contributed by atoms with Gasteiger partial charge >= 0.3 is 0 Å². The summed E-state index contributed by atoms with van der Waals surface area (Å²) in [5, 5.41) is 23.4. The number of nitro groups is 1. The van der Waals surface area contributed by atoms with Crippen molar-refractivity contribution in [2.45, 2.75) is 20.3 Å². The van der Waals surface area contributed by atoms with Crippen molar-refractivity contribution in [3.8, 4) is 17.5 Å². The summed E-state index contributed by atoms with van der Waals surface area (Å²) in [7, 11) is 0. The van der Waals surface area contributed by atoms with Crippen LogP contribution in [0.3, 0.4) is 0 Å². The lowest BCUT2D eigenvalue weighted by molar-refractivity contribution is -0.896. The van der Waals surface area contributed by atoms with Crippen LogP contribution in [-0.2, 0) is 0 Å². The van der Waals surface area contributed by atoms with Gasteiger partial charge in [-0.2, -0.15) is 10.2 Å². The second kappa shape index (κ2) is 8.80. The third kappa shape index (κ3) is 4.55. The van der Waals surface area contributed by atoms with Gasteiger partial charge < -0.3 is 14.6 Å². The number of quaternary nitrogens is 1. The standard InChI is InChI=1S/C17H21N5O3/c1-3-21(4-2)11-7-10-19-17-14(12-18)20-16(25-17)13-8-5-6-9-15(13)22(23)24/h5-6,8-9,19H,3-4,7,10-11H2,1-2H3/p+1. The van der Waals surface area contributed by atoms with E-state index in [4.69, 9.17) is 4.42 Å². The highest BCUT2D eigenvalue weighted by Gasteiger charge is 2.21. The number of nitrogens with zero attached hydrogens (tertiary/aromatic N) is 3. The van der Waals surface area contributed by atoms with E-state index >= 15 is 0 Å². The SMILES string of the molecule is CC[NH+](CC)CCCNc1oc(-c2ccccc2[N+](=O)[O-])nc1C#N. The fourth-order valence-electron chi connectivity index (χ4n) is 2.59. The Balaban J connectivity index is 2.12. The highest BCUT2D eigenvalue weighted by molar-refractivity contribution is 5.68. The second-order valence-corrected chi connectivity index (χ2v) is 5.57. The Morgan fingerprint density at radius 2 is 2.08 bits per heavy atom. The van der Waals surface area contributed by atoms with Crippen LogP contribution in [0, 0.1) is 21.4 Å². The zero-order valence-electron chi connectivity index (χ0n) is 14.4. The van der Waals surface area contributed by atoms with E-state index in [1.54, 1.807) is 18.2 Å². The van der Waals surface area contributed by atoms with Crippen molar-refractivity contribution in [3.05, 3.63) is 40.1 Å². The number of benzene rings is 1.